The second-order valence-corrected chi connectivity index (χ2v) is 8.08. The number of ether oxygens (including phenoxy) is 1. The lowest BCUT2D eigenvalue weighted by molar-refractivity contribution is 0.177. The van der Waals surface area contributed by atoms with E-state index in [0.717, 1.165) is 5.39 Å². The van der Waals surface area contributed by atoms with Crippen molar-refractivity contribution in [2.24, 2.45) is 5.92 Å². The Balaban J connectivity index is 1.61. The van der Waals surface area contributed by atoms with Crippen molar-refractivity contribution >= 4 is 40.4 Å². The number of cyclic esters (lactones) is 1. The molecule has 0 bridgehead atoms. The Labute approximate surface area is 178 Å². The van der Waals surface area contributed by atoms with Gasteiger partial charge in [0.25, 0.3) is 5.56 Å². The van der Waals surface area contributed by atoms with Gasteiger partial charge in [-0.05, 0) is 43.2 Å². The van der Waals surface area contributed by atoms with Crippen LogP contribution in [0.15, 0.2) is 41.3 Å². The lowest BCUT2D eigenvalue weighted by Gasteiger charge is -2.23. The van der Waals surface area contributed by atoms with E-state index in [1.807, 2.05) is 20.8 Å². The number of carbonyl (C=O) groups is 1. The van der Waals surface area contributed by atoms with Gasteiger partial charge < -0.3 is 15.0 Å². The van der Waals surface area contributed by atoms with E-state index in [1.165, 1.54) is 0 Å². The summed E-state index contributed by atoms with van der Waals surface area (Å²) in [5.74, 6) is 0.984. The fraction of sp³-hybridized carbons (Fsp3) is 0.333. The first kappa shape index (κ1) is 20.2. The molecule has 4 rings (SSSR count). The Morgan fingerprint density at radius 1 is 1.23 bits per heavy atom. The first-order valence-electron chi connectivity index (χ1n) is 9.71. The van der Waals surface area contributed by atoms with Crippen molar-refractivity contribution in [3.05, 3.63) is 57.5 Å². The molecule has 3 aromatic rings. The number of aromatic amines is 1. The molecule has 3 heterocycles. The summed E-state index contributed by atoms with van der Waals surface area (Å²) < 4.78 is 5.20. The van der Waals surface area contributed by atoms with E-state index in [1.54, 1.807) is 41.4 Å². The average molecular weight is 428 g/mol. The van der Waals surface area contributed by atoms with Gasteiger partial charge in [0.15, 0.2) is 0 Å². The second kappa shape index (κ2) is 7.95. The number of aromatic nitrogens is 3. The van der Waals surface area contributed by atoms with Crippen molar-refractivity contribution in [3.63, 3.8) is 0 Å². The molecule has 2 aromatic heterocycles. The summed E-state index contributed by atoms with van der Waals surface area (Å²) >= 11 is 6.08. The monoisotopic (exact) mass is 427 g/mol. The number of fused-ring (bicyclic) bond motifs is 1. The number of nitrogens with one attached hydrogen (secondary N) is 2. The first-order chi connectivity index (χ1) is 14.3. The Morgan fingerprint density at radius 3 is 2.80 bits per heavy atom. The molecular weight excluding hydrogens is 406 g/mol. The van der Waals surface area contributed by atoms with Crippen LogP contribution in [0, 0.1) is 5.92 Å². The van der Waals surface area contributed by atoms with E-state index in [9.17, 15) is 9.59 Å². The third-order valence-corrected chi connectivity index (χ3v) is 5.45. The zero-order chi connectivity index (χ0) is 21.4. The van der Waals surface area contributed by atoms with Crippen LogP contribution in [0.1, 0.15) is 32.4 Å². The molecule has 1 saturated heterocycles. The summed E-state index contributed by atoms with van der Waals surface area (Å²) in [6.07, 6.45) is 1.15. The van der Waals surface area contributed by atoms with Gasteiger partial charge in [0.05, 0.1) is 12.1 Å². The number of hydrogen-bond donors (Lipinski definition) is 2. The van der Waals surface area contributed by atoms with Crippen LogP contribution in [0.4, 0.5) is 16.6 Å². The van der Waals surface area contributed by atoms with Crippen LogP contribution in [0.3, 0.4) is 0 Å². The van der Waals surface area contributed by atoms with Gasteiger partial charge in [-0.1, -0.05) is 25.4 Å². The molecule has 1 aliphatic heterocycles. The Bertz CT molecular complexity index is 1160. The minimum atomic E-state index is -0.422. The second-order valence-electron chi connectivity index (χ2n) is 7.65. The molecule has 0 radical (unpaired) electrons. The molecule has 1 aromatic carbocycles. The Morgan fingerprint density at radius 2 is 2.03 bits per heavy atom. The fourth-order valence-corrected chi connectivity index (χ4v) is 3.71. The van der Waals surface area contributed by atoms with Gasteiger partial charge in [-0.3, -0.25) is 9.69 Å². The predicted octanol–water partition coefficient (Wildman–Crippen LogP) is 4.13. The van der Waals surface area contributed by atoms with Gasteiger partial charge in [0.1, 0.15) is 12.4 Å². The quantitative estimate of drug-likeness (QED) is 0.635. The summed E-state index contributed by atoms with van der Waals surface area (Å²) in [6, 6.07) is 8.30. The highest BCUT2D eigenvalue weighted by atomic mass is 35.5. The molecule has 0 spiro atoms. The summed E-state index contributed by atoms with van der Waals surface area (Å²) in [7, 11) is 0. The van der Waals surface area contributed by atoms with Crippen molar-refractivity contribution < 1.29 is 9.53 Å². The van der Waals surface area contributed by atoms with Crippen LogP contribution >= 0.6 is 11.6 Å². The summed E-state index contributed by atoms with van der Waals surface area (Å²) in [5.41, 5.74) is 1.04. The van der Waals surface area contributed by atoms with Crippen molar-refractivity contribution in [1.82, 2.24) is 15.0 Å². The molecule has 2 atom stereocenters. The molecule has 1 fully saturated rings. The minimum Gasteiger partial charge on any atom is -0.447 e. The number of halogens is 1. The van der Waals surface area contributed by atoms with E-state index in [-0.39, 0.29) is 23.6 Å². The highest BCUT2D eigenvalue weighted by molar-refractivity contribution is 6.31. The number of nitrogens with zero attached hydrogens (tertiary/aromatic N) is 3. The van der Waals surface area contributed by atoms with Crippen LogP contribution in [0.25, 0.3) is 10.9 Å². The zero-order valence-electron chi connectivity index (χ0n) is 16.8. The summed E-state index contributed by atoms with van der Waals surface area (Å²) in [6.45, 7) is 6.23. The van der Waals surface area contributed by atoms with Crippen LogP contribution in [-0.4, -0.2) is 33.7 Å². The minimum absolute atomic E-state index is 0.0919. The Hall–Kier alpha value is -3.13. The number of pyridine rings is 1. The van der Waals surface area contributed by atoms with Crippen LogP contribution in [0.2, 0.25) is 5.02 Å². The number of carbonyl (C=O) groups excluding carboxylic acids is 1. The van der Waals surface area contributed by atoms with Gasteiger partial charge in [0.2, 0.25) is 5.95 Å². The molecule has 30 heavy (non-hydrogen) atoms. The number of benzene rings is 1. The maximum atomic E-state index is 12.5. The SMILES string of the molecule is CC(C)C1COC(=O)N1c1ccnc(N[C@H](C)c2cc3cc(Cl)ccc3[nH]c2=O)n1. The predicted molar refractivity (Wildman–Crippen MR) is 116 cm³/mol. The first-order valence-corrected chi connectivity index (χ1v) is 10.1. The van der Waals surface area contributed by atoms with E-state index < -0.39 is 6.09 Å². The molecule has 1 unspecified atom stereocenters. The molecule has 0 saturated carbocycles. The third kappa shape index (κ3) is 3.82. The normalized spacial score (nSPS) is 17.4. The van der Waals surface area contributed by atoms with Crippen molar-refractivity contribution in [2.45, 2.75) is 32.9 Å². The summed E-state index contributed by atoms with van der Waals surface area (Å²) in [5, 5.41) is 4.57. The molecule has 2 N–H and O–H groups in total. The van der Waals surface area contributed by atoms with Crippen molar-refractivity contribution in [2.75, 3.05) is 16.8 Å². The number of rotatable bonds is 5. The number of H-pyrrole nitrogens is 1. The molecule has 0 aliphatic carbocycles. The molecule has 1 amide bonds. The van der Waals surface area contributed by atoms with E-state index in [2.05, 4.69) is 20.3 Å². The van der Waals surface area contributed by atoms with E-state index in [0.29, 0.717) is 34.5 Å². The molecule has 8 nitrogen and oxygen atoms in total. The fourth-order valence-electron chi connectivity index (χ4n) is 3.53. The largest absolute Gasteiger partial charge is 0.447 e. The van der Waals surface area contributed by atoms with Crippen LogP contribution in [0.5, 0.6) is 0 Å². The lowest BCUT2D eigenvalue weighted by Crippen LogP contribution is -2.37. The van der Waals surface area contributed by atoms with Crippen LogP contribution in [-0.2, 0) is 4.74 Å². The molecule has 9 heteroatoms. The Kier molecular flexibility index (Phi) is 5.34. The zero-order valence-corrected chi connectivity index (χ0v) is 17.6. The van der Waals surface area contributed by atoms with Gasteiger partial charge in [0, 0.05) is 27.7 Å². The molecular formula is C21H22ClN5O3. The summed E-state index contributed by atoms with van der Waals surface area (Å²) in [4.78, 5) is 37.9. The van der Waals surface area contributed by atoms with Crippen molar-refractivity contribution in [3.8, 4) is 0 Å². The van der Waals surface area contributed by atoms with Crippen LogP contribution < -0.4 is 15.8 Å². The highest BCUT2D eigenvalue weighted by Crippen LogP contribution is 2.27. The van der Waals surface area contributed by atoms with Crippen molar-refractivity contribution in [1.29, 1.82) is 0 Å². The topological polar surface area (TPSA) is 100 Å². The average Bonchev–Trinajstić information content (AvgIpc) is 3.09. The maximum absolute atomic E-state index is 12.5. The van der Waals surface area contributed by atoms with Gasteiger partial charge in [-0.15, -0.1) is 0 Å². The number of anilines is 2. The van der Waals surface area contributed by atoms with E-state index in [4.69, 9.17) is 16.3 Å². The van der Waals surface area contributed by atoms with Gasteiger partial charge in [-0.2, -0.15) is 4.98 Å². The number of hydrogen-bond acceptors (Lipinski definition) is 6. The third-order valence-electron chi connectivity index (χ3n) is 5.21. The standard InChI is InChI=1S/C21H22ClN5O3/c1-11(2)17-10-30-21(29)27(17)18-6-7-23-20(26-18)24-12(3)15-9-13-8-14(22)4-5-16(13)25-19(15)28/h4-9,11-12,17H,10H2,1-3H3,(H,25,28)(H,23,24,26)/t12-,17?/m1/s1. The van der Waals surface area contributed by atoms with Gasteiger partial charge >= 0.3 is 6.09 Å². The maximum Gasteiger partial charge on any atom is 0.415 e. The van der Waals surface area contributed by atoms with Gasteiger partial charge in [-0.25, -0.2) is 9.78 Å². The smallest absolute Gasteiger partial charge is 0.415 e. The highest BCUT2D eigenvalue weighted by Gasteiger charge is 2.37. The molecule has 156 valence electrons. The number of amides is 1. The van der Waals surface area contributed by atoms with E-state index >= 15 is 0 Å². The molecule has 1 aliphatic rings. The lowest BCUT2D eigenvalue weighted by atomic mass is 10.0.